The van der Waals surface area contributed by atoms with Crippen molar-refractivity contribution in [2.75, 3.05) is 30.8 Å². The normalized spacial score (nSPS) is 20.2. The fourth-order valence-electron chi connectivity index (χ4n) is 3.83. The van der Waals surface area contributed by atoms with E-state index in [1.54, 1.807) is 0 Å². The van der Waals surface area contributed by atoms with Gasteiger partial charge < -0.3 is 20.3 Å². The summed E-state index contributed by atoms with van der Waals surface area (Å²) < 4.78 is 6.04. The molecule has 1 aliphatic heterocycles. The quantitative estimate of drug-likeness (QED) is 0.865. The lowest BCUT2D eigenvalue weighted by atomic mass is 9.94. The SMILES string of the molecule is CN(C(=O)CN1CC(C)(C)Oc2ccc(N)cc21)C1CCCCC1. The molecule has 1 saturated carbocycles. The number of rotatable bonds is 3. The van der Waals surface area contributed by atoms with Gasteiger partial charge >= 0.3 is 0 Å². The summed E-state index contributed by atoms with van der Waals surface area (Å²) in [5.41, 5.74) is 7.22. The fraction of sp³-hybridized carbons (Fsp3) is 0.632. The van der Waals surface area contributed by atoms with Crippen LogP contribution in [0, 0.1) is 0 Å². The summed E-state index contributed by atoms with van der Waals surface area (Å²) in [6, 6.07) is 6.03. The van der Waals surface area contributed by atoms with Crippen molar-refractivity contribution < 1.29 is 9.53 Å². The Labute approximate surface area is 144 Å². The molecular formula is C19H29N3O2. The maximum atomic E-state index is 12.8. The van der Waals surface area contributed by atoms with Crippen molar-refractivity contribution in [3.05, 3.63) is 18.2 Å². The third kappa shape index (κ3) is 3.60. The van der Waals surface area contributed by atoms with Crippen LogP contribution >= 0.6 is 0 Å². The highest BCUT2D eigenvalue weighted by atomic mass is 16.5. The lowest BCUT2D eigenvalue weighted by Gasteiger charge is -2.41. The van der Waals surface area contributed by atoms with Crippen molar-refractivity contribution in [3.63, 3.8) is 0 Å². The molecular weight excluding hydrogens is 302 g/mol. The zero-order valence-electron chi connectivity index (χ0n) is 15.0. The first kappa shape index (κ1) is 16.9. The van der Waals surface area contributed by atoms with Crippen LogP contribution in [0.15, 0.2) is 18.2 Å². The van der Waals surface area contributed by atoms with E-state index >= 15 is 0 Å². The molecule has 3 rings (SSSR count). The van der Waals surface area contributed by atoms with Crippen molar-refractivity contribution in [2.45, 2.75) is 57.6 Å². The minimum absolute atomic E-state index is 0.174. The summed E-state index contributed by atoms with van der Waals surface area (Å²) in [5, 5.41) is 0. The van der Waals surface area contributed by atoms with E-state index in [9.17, 15) is 4.79 Å². The zero-order chi connectivity index (χ0) is 17.3. The molecule has 1 aromatic carbocycles. The summed E-state index contributed by atoms with van der Waals surface area (Å²) in [6.45, 7) is 5.15. The molecule has 0 radical (unpaired) electrons. The second kappa shape index (κ2) is 6.54. The summed E-state index contributed by atoms with van der Waals surface area (Å²) in [6.07, 6.45) is 6.00. The van der Waals surface area contributed by atoms with Crippen LogP contribution in [0.2, 0.25) is 0 Å². The molecule has 132 valence electrons. The van der Waals surface area contributed by atoms with E-state index in [1.165, 1.54) is 19.3 Å². The van der Waals surface area contributed by atoms with Gasteiger partial charge in [0.2, 0.25) is 5.91 Å². The van der Waals surface area contributed by atoms with Gasteiger partial charge in [-0.05, 0) is 44.9 Å². The average Bonchev–Trinajstić information content (AvgIpc) is 2.55. The molecule has 0 spiro atoms. The molecule has 24 heavy (non-hydrogen) atoms. The van der Waals surface area contributed by atoms with Crippen molar-refractivity contribution in [3.8, 4) is 5.75 Å². The first-order valence-electron chi connectivity index (χ1n) is 8.95. The lowest BCUT2D eigenvalue weighted by Crippen LogP contribution is -2.51. The van der Waals surface area contributed by atoms with Gasteiger partial charge in [0, 0.05) is 18.8 Å². The molecule has 1 aromatic rings. The third-order valence-corrected chi connectivity index (χ3v) is 5.12. The molecule has 1 aliphatic carbocycles. The molecule has 0 unspecified atom stereocenters. The van der Waals surface area contributed by atoms with Crippen LogP contribution in [-0.2, 0) is 4.79 Å². The van der Waals surface area contributed by atoms with E-state index < -0.39 is 0 Å². The number of amides is 1. The molecule has 5 nitrogen and oxygen atoms in total. The van der Waals surface area contributed by atoms with Gasteiger partial charge in [0.05, 0.1) is 18.8 Å². The van der Waals surface area contributed by atoms with E-state index in [2.05, 4.69) is 18.7 Å². The first-order chi connectivity index (χ1) is 11.4. The number of nitrogens with two attached hydrogens (primary N) is 1. The van der Waals surface area contributed by atoms with Gasteiger partial charge in [0.15, 0.2) is 0 Å². The minimum atomic E-state index is -0.327. The van der Waals surface area contributed by atoms with Crippen LogP contribution in [-0.4, -0.2) is 42.6 Å². The Balaban J connectivity index is 1.76. The topological polar surface area (TPSA) is 58.8 Å². The molecule has 2 aliphatic rings. The van der Waals surface area contributed by atoms with Crippen molar-refractivity contribution >= 4 is 17.3 Å². The lowest BCUT2D eigenvalue weighted by molar-refractivity contribution is -0.131. The molecule has 0 bridgehead atoms. The van der Waals surface area contributed by atoms with E-state index in [-0.39, 0.29) is 11.5 Å². The van der Waals surface area contributed by atoms with Gasteiger partial charge in [-0.1, -0.05) is 19.3 Å². The summed E-state index contributed by atoms with van der Waals surface area (Å²) >= 11 is 0. The van der Waals surface area contributed by atoms with Gasteiger partial charge in [-0.3, -0.25) is 4.79 Å². The zero-order valence-corrected chi connectivity index (χ0v) is 15.0. The van der Waals surface area contributed by atoms with Crippen molar-refractivity contribution in [2.24, 2.45) is 0 Å². The first-order valence-corrected chi connectivity index (χ1v) is 8.95. The Hall–Kier alpha value is -1.91. The Kier molecular flexibility index (Phi) is 4.61. The van der Waals surface area contributed by atoms with Crippen LogP contribution in [0.3, 0.4) is 0 Å². The number of nitrogens with zero attached hydrogens (tertiary/aromatic N) is 2. The van der Waals surface area contributed by atoms with Gasteiger partial charge in [-0.15, -0.1) is 0 Å². The van der Waals surface area contributed by atoms with Gasteiger partial charge in [-0.25, -0.2) is 0 Å². The summed E-state index contributed by atoms with van der Waals surface area (Å²) in [5.74, 6) is 0.974. The molecule has 2 N–H and O–H groups in total. The molecule has 5 heteroatoms. The van der Waals surface area contributed by atoms with Crippen LogP contribution < -0.4 is 15.4 Å². The van der Waals surface area contributed by atoms with Crippen LogP contribution in [0.1, 0.15) is 46.0 Å². The van der Waals surface area contributed by atoms with Crippen LogP contribution in [0.5, 0.6) is 5.75 Å². The highest BCUT2D eigenvalue weighted by Gasteiger charge is 2.33. The Bertz CT molecular complexity index is 609. The number of ether oxygens (including phenoxy) is 1. The average molecular weight is 331 g/mol. The standard InChI is InChI=1S/C19H29N3O2/c1-19(2)13-22(16-11-14(20)9-10-17(16)24-19)12-18(23)21(3)15-7-5-4-6-8-15/h9-11,15H,4-8,12-13,20H2,1-3H3. The Morgan fingerprint density at radius 1 is 1.33 bits per heavy atom. The van der Waals surface area contributed by atoms with Gasteiger partial charge in [0.1, 0.15) is 11.4 Å². The predicted molar refractivity (Wildman–Crippen MR) is 97.4 cm³/mol. The smallest absolute Gasteiger partial charge is 0.242 e. The molecule has 1 fully saturated rings. The number of carbonyl (C=O) groups excluding carboxylic acids is 1. The molecule has 0 atom stereocenters. The molecule has 0 saturated heterocycles. The summed E-state index contributed by atoms with van der Waals surface area (Å²) in [7, 11) is 1.95. The third-order valence-electron chi connectivity index (χ3n) is 5.12. The highest BCUT2D eigenvalue weighted by molar-refractivity contribution is 5.83. The number of likely N-dealkylation sites (N-methyl/N-ethyl adjacent to an activating group) is 1. The van der Waals surface area contributed by atoms with Gasteiger partial charge in [0.25, 0.3) is 0 Å². The van der Waals surface area contributed by atoms with Crippen molar-refractivity contribution in [1.82, 2.24) is 4.90 Å². The fourth-order valence-corrected chi connectivity index (χ4v) is 3.83. The van der Waals surface area contributed by atoms with E-state index in [0.29, 0.717) is 24.8 Å². The van der Waals surface area contributed by atoms with E-state index in [1.807, 2.05) is 30.1 Å². The number of hydrogen-bond donors (Lipinski definition) is 1. The van der Waals surface area contributed by atoms with Crippen LogP contribution in [0.25, 0.3) is 0 Å². The largest absolute Gasteiger partial charge is 0.484 e. The molecule has 1 heterocycles. The number of nitrogen functional groups attached to an aromatic ring is 1. The maximum Gasteiger partial charge on any atom is 0.242 e. The number of fused-ring (bicyclic) bond motifs is 1. The molecule has 1 amide bonds. The predicted octanol–water partition coefficient (Wildman–Crippen LogP) is 3.04. The highest BCUT2D eigenvalue weighted by Crippen LogP contribution is 2.38. The number of benzene rings is 1. The Morgan fingerprint density at radius 3 is 2.75 bits per heavy atom. The van der Waals surface area contributed by atoms with Gasteiger partial charge in [-0.2, -0.15) is 0 Å². The monoisotopic (exact) mass is 331 g/mol. The minimum Gasteiger partial charge on any atom is -0.484 e. The van der Waals surface area contributed by atoms with Crippen LogP contribution in [0.4, 0.5) is 11.4 Å². The number of hydrogen-bond acceptors (Lipinski definition) is 4. The Morgan fingerprint density at radius 2 is 2.04 bits per heavy atom. The van der Waals surface area contributed by atoms with E-state index in [0.717, 1.165) is 24.3 Å². The summed E-state index contributed by atoms with van der Waals surface area (Å²) in [4.78, 5) is 16.9. The number of carbonyl (C=O) groups is 1. The molecule has 0 aromatic heterocycles. The number of anilines is 2. The second-order valence-corrected chi connectivity index (χ2v) is 7.74. The maximum absolute atomic E-state index is 12.8. The van der Waals surface area contributed by atoms with Crippen molar-refractivity contribution in [1.29, 1.82) is 0 Å². The second-order valence-electron chi connectivity index (χ2n) is 7.74. The van der Waals surface area contributed by atoms with E-state index in [4.69, 9.17) is 10.5 Å².